The summed E-state index contributed by atoms with van der Waals surface area (Å²) >= 11 is -1.06. The molecule has 3 rings (SSSR count). The van der Waals surface area contributed by atoms with Crippen molar-refractivity contribution >= 4 is 28.6 Å². The molecular weight excluding hydrogens is 376 g/mol. The highest BCUT2D eigenvalue weighted by Crippen LogP contribution is 2.37. The van der Waals surface area contributed by atoms with Crippen LogP contribution in [0.25, 0.3) is 0 Å². The van der Waals surface area contributed by atoms with Gasteiger partial charge >= 0.3 is 6.09 Å². The maximum Gasteiger partial charge on any atom is 0.414 e. The third kappa shape index (κ3) is 4.14. The van der Waals surface area contributed by atoms with Gasteiger partial charge in [0, 0.05) is 24.7 Å². The molecular formula is C18H25F2N3O3S. The van der Waals surface area contributed by atoms with Gasteiger partial charge in [-0.05, 0) is 26.8 Å². The summed E-state index contributed by atoms with van der Waals surface area (Å²) in [5, 5.41) is 2.91. The number of anilines is 2. The van der Waals surface area contributed by atoms with Gasteiger partial charge < -0.3 is 19.5 Å². The van der Waals surface area contributed by atoms with E-state index in [0.717, 1.165) is 12.8 Å². The molecule has 150 valence electrons. The summed E-state index contributed by atoms with van der Waals surface area (Å²) in [5.74, 6) is -1.08. The molecule has 1 N–H and O–H groups in total. The molecule has 0 aliphatic carbocycles. The van der Waals surface area contributed by atoms with Crippen molar-refractivity contribution in [1.82, 2.24) is 5.32 Å². The topological polar surface area (TPSA) is 67.9 Å². The second-order valence-corrected chi connectivity index (χ2v) is 8.64. The Morgan fingerprint density at radius 2 is 2.00 bits per heavy atom. The van der Waals surface area contributed by atoms with Crippen LogP contribution in [-0.2, 0) is 15.9 Å². The molecule has 2 heterocycles. The van der Waals surface area contributed by atoms with Crippen molar-refractivity contribution in [2.75, 3.05) is 41.9 Å². The number of benzene rings is 1. The first-order valence-corrected chi connectivity index (χ1v) is 10.7. The molecule has 0 saturated carbocycles. The predicted molar refractivity (Wildman–Crippen MR) is 102 cm³/mol. The van der Waals surface area contributed by atoms with E-state index >= 15 is 0 Å². The van der Waals surface area contributed by atoms with E-state index in [1.807, 2.05) is 6.92 Å². The highest BCUT2D eigenvalue weighted by Gasteiger charge is 2.38. The van der Waals surface area contributed by atoms with Crippen LogP contribution < -0.4 is 15.1 Å². The molecule has 0 spiro atoms. The van der Waals surface area contributed by atoms with Gasteiger partial charge in [0.2, 0.25) is 0 Å². The highest BCUT2D eigenvalue weighted by atomic mass is 32.2. The minimum absolute atomic E-state index is 0.0508. The molecule has 2 saturated heterocycles. The molecule has 1 aromatic rings. The average Bonchev–Trinajstić information content (AvgIpc) is 3.11. The standard InChI is InChI=1S/C18H25F2N3O3S/c1-11-4-5-12(10-27(3)25)23(11)17-15(19)6-13(7-16(17)20)22-9-14(8-21-2)26-18(22)24/h6-7,11-12,14,21H,4-5,8-10H2,1-3H3. The quantitative estimate of drug-likeness (QED) is 0.741. The van der Waals surface area contributed by atoms with Gasteiger partial charge in [-0.2, -0.15) is 0 Å². The van der Waals surface area contributed by atoms with Gasteiger partial charge in [-0.3, -0.25) is 4.90 Å². The van der Waals surface area contributed by atoms with Gasteiger partial charge in [0.15, 0.2) is 11.6 Å². The van der Waals surface area contributed by atoms with Gasteiger partial charge in [-0.25, -0.2) is 13.6 Å². The minimum atomic E-state index is -1.06. The number of halogens is 2. The fourth-order valence-electron chi connectivity index (χ4n) is 3.93. The Hall–Kier alpha value is -1.58. The van der Waals surface area contributed by atoms with Crippen LogP contribution in [0.1, 0.15) is 19.8 Å². The molecule has 27 heavy (non-hydrogen) atoms. The highest BCUT2D eigenvalue weighted by molar-refractivity contribution is 7.90. The van der Waals surface area contributed by atoms with E-state index in [4.69, 9.17) is 4.74 Å². The fourth-order valence-corrected chi connectivity index (χ4v) is 4.80. The fraction of sp³-hybridized carbons (Fsp3) is 0.611. The molecule has 2 aliphatic heterocycles. The lowest BCUT2D eigenvalue weighted by molar-refractivity contribution is 0.141. The van der Waals surface area contributed by atoms with Crippen molar-refractivity contribution < 1.29 is 22.9 Å². The van der Waals surface area contributed by atoms with Crippen molar-refractivity contribution in [3.63, 3.8) is 0 Å². The maximum atomic E-state index is 14.9. The average molecular weight is 401 g/mol. The molecule has 2 fully saturated rings. The first-order chi connectivity index (χ1) is 12.8. The molecule has 9 heteroatoms. The predicted octanol–water partition coefficient (Wildman–Crippen LogP) is 2.25. The van der Waals surface area contributed by atoms with Crippen molar-refractivity contribution in [3.05, 3.63) is 23.8 Å². The molecule has 0 bridgehead atoms. The van der Waals surface area contributed by atoms with Gasteiger partial charge in [-0.1, -0.05) is 11.2 Å². The number of ether oxygens (including phenoxy) is 1. The number of carbonyl (C=O) groups is 1. The molecule has 4 atom stereocenters. The first-order valence-electron chi connectivity index (χ1n) is 9.02. The first kappa shape index (κ1) is 20.2. The second kappa shape index (κ2) is 8.20. The third-order valence-electron chi connectivity index (χ3n) is 5.09. The molecule has 2 aliphatic rings. The summed E-state index contributed by atoms with van der Waals surface area (Å²) in [6, 6.07) is 2.13. The van der Waals surface area contributed by atoms with Crippen LogP contribution in [0.3, 0.4) is 0 Å². The molecule has 4 unspecified atom stereocenters. The second-order valence-electron chi connectivity index (χ2n) is 7.16. The summed E-state index contributed by atoms with van der Waals surface area (Å²) in [4.78, 5) is 15.0. The van der Waals surface area contributed by atoms with E-state index in [1.165, 1.54) is 17.0 Å². The largest absolute Gasteiger partial charge is 0.616 e. The Kier molecular flexibility index (Phi) is 6.12. The zero-order chi connectivity index (χ0) is 19.7. The summed E-state index contributed by atoms with van der Waals surface area (Å²) < 4.78 is 46.7. The van der Waals surface area contributed by atoms with Gasteiger partial charge in [-0.15, -0.1) is 0 Å². The van der Waals surface area contributed by atoms with E-state index in [0.29, 0.717) is 12.3 Å². The summed E-state index contributed by atoms with van der Waals surface area (Å²) in [6.45, 7) is 2.60. The Morgan fingerprint density at radius 3 is 2.59 bits per heavy atom. The van der Waals surface area contributed by atoms with E-state index < -0.39 is 28.9 Å². The van der Waals surface area contributed by atoms with Gasteiger partial charge in [0.1, 0.15) is 17.5 Å². The smallest absolute Gasteiger partial charge is 0.414 e. The Morgan fingerprint density at radius 1 is 1.33 bits per heavy atom. The normalized spacial score (nSPS) is 26.6. The molecule has 1 amide bonds. The van der Waals surface area contributed by atoms with Crippen LogP contribution in [0.4, 0.5) is 25.0 Å². The van der Waals surface area contributed by atoms with Crippen molar-refractivity contribution in [3.8, 4) is 0 Å². The third-order valence-corrected chi connectivity index (χ3v) is 5.94. The SMILES string of the molecule is CNCC1CN(c2cc(F)c(N3C(C)CCC3C[S+](C)[O-])c(F)c2)C(=O)O1. The van der Waals surface area contributed by atoms with Crippen molar-refractivity contribution in [2.45, 2.75) is 38.0 Å². The number of hydrogen-bond acceptors (Lipinski definition) is 5. The minimum Gasteiger partial charge on any atom is -0.616 e. The lowest BCUT2D eigenvalue weighted by Crippen LogP contribution is -2.40. The van der Waals surface area contributed by atoms with E-state index in [9.17, 15) is 18.1 Å². The van der Waals surface area contributed by atoms with Crippen LogP contribution in [0.2, 0.25) is 0 Å². The number of carbonyl (C=O) groups excluding carboxylic acids is 1. The zero-order valence-corrected chi connectivity index (χ0v) is 16.5. The number of nitrogens with one attached hydrogen (secondary N) is 1. The monoisotopic (exact) mass is 401 g/mol. The number of hydrogen-bond donors (Lipinski definition) is 1. The van der Waals surface area contributed by atoms with E-state index in [2.05, 4.69) is 5.32 Å². The number of rotatable bonds is 6. The van der Waals surface area contributed by atoms with Crippen molar-refractivity contribution in [1.29, 1.82) is 0 Å². The number of likely N-dealkylation sites (N-methyl/N-ethyl adjacent to an activating group) is 1. The van der Waals surface area contributed by atoms with Gasteiger partial charge in [0.05, 0.1) is 24.5 Å². The summed E-state index contributed by atoms with van der Waals surface area (Å²) in [6.07, 6.45) is 2.14. The molecule has 0 radical (unpaired) electrons. The van der Waals surface area contributed by atoms with Gasteiger partial charge in [0.25, 0.3) is 0 Å². The number of cyclic esters (lactones) is 1. The summed E-state index contributed by atoms with van der Waals surface area (Å²) in [5.41, 5.74) is 0.0263. The van der Waals surface area contributed by atoms with Crippen molar-refractivity contribution in [2.24, 2.45) is 0 Å². The lowest BCUT2D eigenvalue weighted by Gasteiger charge is -2.31. The van der Waals surface area contributed by atoms with Crippen LogP contribution in [0.15, 0.2) is 12.1 Å². The molecule has 1 aromatic carbocycles. The molecule has 6 nitrogen and oxygen atoms in total. The Labute approximate surface area is 161 Å². The Bertz CT molecular complexity index is 683. The van der Waals surface area contributed by atoms with Crippen LogP contribution in [-0.4, -0.2) is 61.0 Å². The number of nitrogens with zero attached hydrogens (tertiary/aromatic N) is 2. The van der Waals surface area contributed by atoms with Crippen LogP contribution in [0.5, 0.6) is 0 Å². The Balaban J connectivity index is 1.88. The van der Waals surface area contributed by atoms with Crippen LogP contribution >= 0.6 is 0 Å². The molecule has 0 aromatic heterocycles. The zero-order valence-electron chi connectivity index (χ0n) is 15.7. The lowest BCUT2D eigenvalue weighted by atomic mass is 10.2. The number of amides is 1. The summed E-state index contributed by atoms with van der Waals surface area (Å²) in [7, 11) is 1.74. The van der Waals surface area contributed by atoms with Crippen LogP contribution in [0, 0.1) is 11.6 Å². The van der Waals surface area contributed by atoms with E-state index in [1.54, 1.807) is 18.2 Å². The van der Waals surface area contributed by atoms with E-state index in [-0.39, 0.29) is 36.1 Å². The maximum absolute atomic E-state index is 14.9.